The summed E-state index contributed by atoms with van der Waals surface area (Å²) in [6, 6.07) is 0. The smallest absolute Gasteiger partial charge is 0.225 e. The van der Waals surface area contributed by atoms with Crippen LogP contribution < -0.4 is 0 Å². The molecule has 0 N–H and O–H groups in total. The van der Waals surface area contributed by atoms with Gasteiger partial charge in [-0.3, -0.25) is 4.79 Å². The van der Waals surface area contributed by atoms with E-state index in [1.807, 2.05) is 0 Å². The molecule has 19 heavy (non-hydrogen) atoms. The largest absolute Gasteiger partial charge is 0.342 e. The van der Waals surface area contributed by atoms with Gasteiger partial charge in [0.05, 0.1) is 0 Å². The standard InChI is InChI=1S/C16H30N2O/c1-2-3-5-10-17-13-8-15(9-14-17)16(19)18-11-6-4-7-12-18/h15H,2-14H2,1H3. The molecule has 110 valence electrons. The number of nitrogens with zero attached hydrogens (tertiary/aromatic N) is 2. The summed E-state index contributed by atoms with van der Waals surface area (Å²) < 4.78 is 0. The highest BCUT2D eigenvalue weighted by Crippen LogP contribution is 2.22. The molecule has 0 bridgehead atoms. The van der Waals surface area contributed by atoms with Gasteiger partial charge >= 0.3 is 0 Å². The van der Waals surface area contributed by atoms with E-state index in [1.165, 1.54) is 45.1 Å². The molecule has 0 saturated carbocycles. The second-order valence-electron chi connectivity index (χ2n) is 6.21. The molecule has 2 saturated heterocycles. The van der Waals surface area contributed by atoms with E-state index >= 15 is 0 Å². The van der Waals surface area contributed by atoms with Crippen molar-refractivity contribution in [3.05, 3.63) is 0 Å². The van der Waals surface area contributed by atoms with Crippen LogP contribution in [0.2, 0.25) is 0 Å². The Morgan fingerprint density at radius 1 is 1.00 bits per heavy atom. The molecule has 0 aliphatic carbocycles. The third kappa shape index (κ3) is 4.48. The van der Waals surface area contributed by atoms with Gasteiger partial charge in [-0.15, -0.1) is 0 Å². The number of amides is 1. The number of carbonyl (C=O) groups is 1. The SMILES string of the molecule is CCCCCN1CCC(C(=O)N2CCCCC2)CC1. The monoisotopic (exact) mass is 266 g/mol. The zero-order valence-corrected chi connectivity index (χ0v) is 12.6. The Labute approximate surface area is 118 Å². The van der Waals surface area contributed by atoms with Gasteiger partial charge in [0.1, 0.15) is 0 Å². The first-order valence-corrected chi connectivity index (χ1v) is 8.32. The van der Waals surface area contributed by atoms with Crippen molar-refractivity contribution in [2.75, 3.05) is 32.7 Å². The molecule has 2 aliphatic rings. The van der Waals surface area contributed by atoms with Crippen LogP contribution in [-0.2, 0) is 4.79 Å². The lowest BCUT2D eigenvalue weighted by atomic mass is 9.94. The van der Waals surface area contributed by atoms with Crippen molar-refractivity contribution in [3.63, 3.8) is 0 Å². The number of rotatable bonds is 5. The van der Waals surface area contributed by atoms with Gasteiger partial charge in [-0.25, -0.2) is 0 Å². The van der Waals surface area contributed by atoms with Crippen molar-refractivity contribution in [1.29, 1.82) is 0 Å². The van der Waals surface area contributed by atoms with Crippen molar-refractivity contribution in [1.82, 2.24) is 9.80 Å². The van der Waals surface area contributed by atoms with Crippen LogP contribution in [0.15, 0.2) is 0 Å². The van der Waals surface area contributed by atoms with E-state index in [2.05, 4.69) is 16.7 Å². The van der Waals surface area contributed by atoms with Crippen LogP contribution in [0.25, 0.3) is 0 Å². The second-order valence-corrected chi connectivity index (χ2v) is 6.21. The number of unbranched alkanes of at least 4 members (excludes halogenated alkanes) is 2. The predicted molar refractivity (Wildman–Crippen MR) is 79.1 cm³/mol. The molecular formula is C16H30N2O. The average Bonchev–Trinajstić information content (AvgIpc) is 2.48. The van der Waals surface area contributed by atoms with E-state index in [0.717, 1.165) is 39.0 Å². The van der Waals surface area contributed by atoms with E-state index in [9.17, 15) is 4.79 Å². The number of piperidine rings is 2. The third-order valence-corrected chi connectivity index (χ3v) is 4.68. The fraction of sp³-hybridized carbons (Fsp3) is 0.938. The van der Waals surface area contributed by atoms with Crippen LogP contribution in [0, 0.1) is 5.92 Å². The molecule has 2 fully saturated rings. The number of hydrogen-bond acceptors (Lipinski definition) is 2. The van der Waals surface area contributed by atoms with E-state index in [4.69, 9.17) is 0 Å². The van der Waals surface area contributed by atoms with E-state index < -0.39 is 0 Å². The molecule has 0 aromatic heterocycles. The van der Waals surface area contributed by atoms with E-state index in [0.29, 0.717) is 11.8 Å². The average molecular weight is 266 g/mol. The van der Waals surface area contributed by atoms with Crippen molar-refractivity contribution in [3.8, 4) is 0 Å². The van der Waals surface area contributed by atoms with Gasteiger partial charge in [-0.05, 0) is 58.2 Å². The first-order chi connectivity index (χ1) is 9.31. The summed E-state index contributed by atoms with van der Waals surface area (Å²) in [5.41, 5.74) is 0. The predicted octanol–water partition coefficient (Wildman–Crippen LogP) is 2.90. The molecule has 3 heteroatoms. The summed E-state index contributed by atoms with van der Waals surface area (Å²) in [6.07, 6.45) is 9.85. The highest BCUT2D eigenvalue weighted by atomic mass is 16.2. The van der Waals surface area contributed by atoms with Crippen LogP contribution in [0.3, 0.4) is 0 Å². The maximum Gasteiger partial charge on any atom is 0.225 e. The zero-order valence-electron chi connectivity index (χ0n) is 12.6. The summed E-state index contributed by atoms with van der Waals surface area (Å²) in [7, 11) is 0. The number of hydrogen-bond donors (Lipinski definition) is 0. The fourth-order valence-electron chi connectivity index (χ4n) is 3.36. The summed E-state index contributed by atoms with van der Waals surface area (Å²) in [6.45, 7) is 7.77. The first kappa shape index (κ1) is 14.8. The minimum absolute atomic E-state index is 0.320. The Balaban J connectivity index is 1.68. The van der Waals surface area contributed by atoms with Crippen LogP contribution in [0.1, 0.15) is 58.3 Å². The Bertz CT molecular complexity index is 266. The zero-order chi connectivity index (χ0) is 13.5. The van der Waals surface area contributed by atoms with Gasteiger partial charge in [0.25, 0.3) is 0 Å². The third-order valence-electron chi connectivity index (χ3n) is 4.68. The molecule has 0 aromatic rings. The van der Waals surface area contributed by atoms with Crippen LogP contribution in [-0.4, -0.2) is 48.4 Å². The molecule has 0 unspecified atom stereocenters. The molecule has 0 atom stereocenters. The quantitative estimate of drug-likeness (QED) is 0.714. The molecule has 0 aromatic carbocycles. The molecule has 1 amide bonds. The fourth-order valence-corrected chi connectivity index (χ4v) is 3.36. The minimum atomic E-state index is 0.320. The second kappa shape index (κ2) is 7.88. The van der Waals surface area contributed by atoms with Crippen LogP contribution in [0.5, 0.6) is 0 Å². The maximum absolute atomic E-state index is 12.4. The van der Waals surface area contributed by atoms with Crippen molar-refractivity contribution in [2.24, 2.45) is 5.92 Å². The molecule has 3 nitrogen and oxygen atoms in total. The maximum atomic E-state index is 12.4. The van der Waals surface area contributed by atoms with Gasteiger partial charge in [0.15, 0.2) is 0 Å². The van der Waals surface area contributed by atoms with Crippen LogP contribution >= 0.6 is 0 Å². The Morgan fingerprint density at radius 3 is 2.32 bits per heavy atom. The van der Waals surface area contributed by atoms with Crippen LogP contribution in [0.4, 0.5) is 0 Å². The van der Waals surface area contributed by atoms with Gasteiger partial charge < -0.3 is 9.80 Å². The lowest BCUT2D eigenvalue weighted by molar-refractivity contribution is -0.138. The normalized spacial score (nSPS) is 22.7. The summed E-state index contributed by atoms with van der Waals surface area (Å²) in [5.74, 6) is 0.772. The Morgan fingerprint density at radius 2 is 1.68 bits per heavy atom. The topological polar surface area (TPSA) is 23.6 Å². The number of carbonyl (C=O) groups excluding carboxylic acids is 1. The molecule has 2 aliphatic heterocycles. The van der Waals surface area contributed by atoms with Gasteiger partial charge in [-0.2, -0.15) is 0 Å². The van der Waals surface area contributed by atoms with E-state index in [-0.39, 0.29) is 0 Å². The Hall–Kier alpha value is -0.570. The summed E-state index contributed by atoms with van der Waals surface area (Å²) in [4.78, 5) is 17.1. The highest BCUT2D eigenvalue weighted by Gasteiger charge is 2.28. The van der Waals surface area contributed by atoms with E-state index in [1.54, 1.807) is 0 Å². The molecule has 0 radical (unpaired) electrons. The van der Waals surface area contributed by atoms with Gasteiger partial charge in [-0.1, -0.05) is 19.8 Å². The lowest BCUT2D eigenvalue weighted by Gasteiger charge is -2.35. The van der Waals surface area contributed by atoms with Crippen molar-refractivity contribution < 1.29 is 4.79 Å². The Kier molecular flexibility index (Phi) is 6.15. The molecule has 0 spiro atoms. The summed E-state index contributed by atoms with van der Waals surface area (Å²) in [5, 5.41) is 0. The minimum Gasteiger partial charge on any atom is -0.342 e. The molecule has 2 heterocycles. The van der Waals surface area contributed by atoms with Crippen molar-refractivity contribution >= 4 is 5.91 Å². The van der Waals surface area contributed by atoms with Crippen molar-refractivity contribution in [2.45, 2.75) is 58.3 Å². The highest BCUT2D eigenvalue weighted by molar-refractivity contribution is 5.79. The molecular weight excluding hydrogens is 236 g/mol. The van der Waals surface area contributed by atoms with Gasteiger partial charge in [0.2, 0.25) is 5.91 Å². The first-order valence-electron chi connectivity index (χ1n) is 8.32. The lowest BCUT2D eigenvalue weighted by Crippen LogP contribution is -2.44. The molecule has 2 rings (SSSR count). The van der Waals surface area contributed by atoms with Gasteiger partial charge in [0, 0.05) is 19.0 Å². The summed E-state index contributed by atoms with van der Waals surface area (Å²) >= 11 is 0. The number of likely N-dealkylation sites (tertiary alicyclic amines) is 2.